The molecular weight excluding hydrogens is 518 g/mol. The van der Waals surface area contributed by atoms with Gasteiger partial charge >= 0.3 is 0 Å². The molecule has 1 aliphatic rings. The van der Waals surface area contributed by atoms with Crippen LogP contribution in [0.25, 0.3) is 0 Å². The summed E-state index contributed by atoms with van der Waals surface area (Å²) in [6, 6.07) is 14.1. The lowest BCUT2D eigenvalue weighted by molar-refractivity contribution is 0.592. The standard InChI is InChI=1S/C21H27FN4O2S.HI/c1-2-23-21(24-12-10-17-6-5-8-19(22)16-17)25-13-15-29(27,28)26-14-11-18-7-3-4-9-20(18)26;/h3-9,16H,2,10-15H2,1H3,(H2,23,24,25);1H. The van der Waals surface area contributed by atoms with E-state index < -0.39 is 10.0 Å². The number of aliphatic imine (C=N–C) groups is 1. The van der Waals surface area contributed by atoms with Crippen molar-refractivity contribution < 1.29 is 12.8 Å². The van der Waals surface area contributed by atoms with Crippen molar-refractivity contribution in [1.29, 1.82) is 0 Å². The molecule has 6 nitrogen and oxygen atoms in total. The summed E-state index contributed by atoms with van der Waals surface area (Å²) < 4.78 is 40.2. The highest BCUT2D eigenvalue weighted by molar-refractivity contribution is 14.0. The van der Waals surface area contributed by atoms with Crippen LogP contribution in [0.1, 0.15) is 18.1 Å². The predicted molar refractivity (Wildman–Crippen MR) is 131 cm³/mol. The summed E-state index contributed by atoms with van der Waals surface area (Å²) in [4.78, 5) is 4.39. The molecule has 30 heavy (non-hydrogen) atoms. The van der Waals surface area contributed by atoms with Gasteiger partial charge in [0.1, 0.15) is 5.82 Å². The molecule has 164 valence electrons. The summed E-state index contributed by atoms with van der Waals surface area (Å²) in [6.45, 7) is 3.83. The van der Waals surface area contributed by atoms with Crippen molar-refractivity contribution >= 4 is 45.6 Å². The predicted octanol–water partition coefficient (Wildman–Crippen LogP) is 2.93. The topological polar surface area (TPSA) is 73.8 Å². The Morgan fingerprint density at radius 3 is 2.73 bits per heavy atom. The maximum Gasteiger partial charge on any atom is 0.237 e. The van der Waals surface area contributed by atoms with Crippen LogP contribution in [0.4, 0.5) is 10.1 Å². The monoisotopic (exact) mass is 546 g/mol. The Balaban J connectivity index is 0.00000320. The maximum absolute atomic E-state index is 13.3. The summed E-state index contributed by atoms with van der Waals surface area (Å²) in [6.07, 6.45) is 1.38. The van der Waals surface area contributed by atoms with Gasteiger partial charge in [-0.25, -0.2) is 12.8 Å². The van der Waals surface area contributed by atoms with Crippen LogP contribution in [0.2, 0.25) is 0 Å². The van der Waals surface area contributed by atoms with Gasteiger partial charge in [0.05, 0.1) is 18.0 Å². The number of hydrogen-bond acceptors (Lipinski definition) is 3. The molecule has 0 bridgehead atoms. The van der Waals surface area contributed by atoms with Gasteiger partial charge in [-0.15, -0.1) is 24.0 Å². The van der Waals surface area contributed by atoms with Crippen molar-refractivity contribution in [3.8, 4) is 0 Å². The average molecular weight is 546 g/mol. The number of para-hydroxylation sites is 1. The Bertz CT molecular complexity index is 969. The molecule has 2 aromatic carbocycles. The molecule has 0 unspecified atom stereocenters. The van der Waals surface area contributed by atoms with Crippen LogP contribution in [-0.2, 0) is 22.9 Å². The van der Waals surface area contributed by atoms with Gasteiger partial charge in [-0.1, -0.05) is 30.3 Å². The molecule has 0 aliphatic carbocycles. The third kappa shape index (κ3) is 6.56. The Morgan fingerprint density at radius 1 is 1.17 bits per heavy atom. The Morgan fingerprint density at radius 2 is 1.97 bits per heavy atom. The molecule has 0 fully saturated rings. The molecule has 0 aromatic heterocycles. The van der Waals surface area contributed by atoms with E-state index in [4.69, 9.17) is 0 Å². The van der Waals surface area contributed by atoms with Crippen LogP contribution in [0, 0.1) is 5.82 Å². The number of nitrogens with zero attached hydrogens (tertiary/aromatic N) is 2. The number of hydrogen-bond donors (Lipinski definition) is 2. The second kappa shape index (κ2) is 11.5. The second-order valence-corrected chi connectivity index (χ2v) is 8.85. The second-order valence-electron chi connectivity index (χ2n) is 6.83. The van der Waals surface area contributed by atoms with E-state index >= 15 is 0 Å². The first-order valence-electron chi connectivity index (χ1n) is 9.84. The zero-order valence-corrected chi connectivity index (χ0v) is 20.1. The summed E-state index contributed by atoms with van der Waals surface area (Å²) in [5, 5.41) is 6.28. The lowest BCUT2D eigenvalue weighted by Gasteiger charge is -2.19. The fraction of sp³-hybridized carbons (Fsp3) is 0.381. The van der Waals surface area contributed by atoms with E-state index in [1.54, 1.807) is 6.07 Å². The number of rotatable bonds is 8. The van der Waals surface area contributed by atoms with Crippen molar-refractivity contribution in [2.24, 2.45) is 4.99 Å². The van der Waals surface area contributed by atoms with Gasteiger partial charge in [-0.05, 0) is 49.1 Å². The van der Waals surface area contributed by atoms with E-state index in [2.05, 4.69) is 15.6 Å². The molecule has 0 amide bonds. The Hall–Kier alpha value is -1.88. The van der Waals surface area contributed by atoms with E-state index in [0.29, 0.717) is 32.0 Å². The fourth-order valence-electron chi connectivity index (χ4n) is 3.34. The van der Waals surface area contributed by atoms with Crippen molar-refractivity contribution in [1.82, 2.24) is 10.6 Å². The van der Waals surface area contributed by atoms with Gasteiger partial charge in [0, 0.05) is 19.6 Å². The molecule has 2 N–H and O–H groups in total. The Kier molecular flexibility index (Phi) is 9.35. The smallest absolute Gasteiger partial charge is 0.237 e. The molecule has 1 aliphatic heterocycles. The minimum atomic E-state index is -3.42. The normalized spacial score (nSPS) is 13.5. The highest BCUT2D eigenvalue weighted by Crippen LogP contribution is 2.29. The van der Waals surface area contributed by atoms with Gasteiger partial charge in [0.15, 0.2) is 5.96 Å². The van der Waals surface area contributed by atoms with Crippen LogP contribution in [0.15, 0.2) is 53.5 Å². The van der Waals surface area contributed by atoms with Crippen molar-refractivity contribution in [3.63, 3.8) is 0 Å². The first kappa shape index (κ1) is 24.4. The number of anilines is 1. The molecule has 0 spiro atoms. The van der Waals surface area contributed by atoms with E-state index in [9.17, 15) is 12.8 Å². The minimum Gasteiger partial charge on any atom is -0.357 e. The number of nitrogens with one attached hydrogen (secondary N) is 2. The summed E-state index contributed by atoms with van der Waals surface area (Å²) in [7, 11) is -3.42. The molecule has 0 atom stereocenters. The van der Waals surface area contributed by atoms with E-state index in [0.717, 1.165) is 23.2 Å². The lowest BCUT2D eigenvalue weighted by Crippen LogP contribution is -2.39. The summed E-state index contributed by atoms with van der Waals surface area (Å²) in [5.41, 5.74) is 2.73. The first-order valence-corrected chi connectivity index (χ1v) is 11.5. The SMILES string of the molecule is CCNC(=NCCS(=O)(=O)N1CCc2ccccc21)NCCc1cccc(F)c1.I. The highest BCUT2D eigenvalue weighted by Gasteiger charge is 2.28. The van der Waals surface area contributed by atoms with Gasteiger partial charge in [0.2, 0.25) is 10.0 Å². The maximum atomic E-state index is 13.3. The number of fused-ring (bicyclic) bond motifs is 1. The van der Waals surface area contributed by atoms with Crippen LogP contribution in [0.3, 0.4) is 0 Å². The molecule has 1 heterocycles. The highest BCUT2D eigenvalue weighted by atomic mass is 127. The van der Waals surface area contributed by atoms with Crippen LogP contribution in [-0.4, -0.2) is 46.3 Å². The van der Waals surface area contributed by atoms with Crippen molar-refractivity contribution in [2.45, 2.75) is 19.8 Å². The molecule has 0 radical (unpaired) electrons. The van der Waals surface area contributed by atoms with Gasteiger partial charge in [0.25, 0.3) is 0 Å². The van der Waals surface area contributed by atoms with E-state index in [-0.39, 0.29) is 42.1 Å². The average Bonchev–Trinajstić information content (AvgIpc) is 3.13. The van der Waals surface area contributed by atoms with Crippen molar-refractivity contribution in [2.75, 3.05) is 36.2 Å². The third-order valence-electron chi connectivity index (χ3n) is 4.74. The number of halogens is 2. The molecule has 0 saturated carbocycles. The van der Waals surface area contributed by atoms with Gasteiger partial charge in [-0.2, -0.15) is 0 Å². The Labute approximate surface area is 195 Å². The fourth-order valence-corrected chi connectivity index (χ4v) is 4.73. The van der Waals surface area contributed by atoms with Crippen LogP contribution < -0.4 is 14.9 Å². The van der Waals surface area contributed by atoms with E-state index in [1.807, 2.05) is 37.3 Å². The summed E-state index contributed by atoms with van der Waals surface area (Å²) >= 11 is 0. The zero-order chi connectivity index (χ0) is 20.7. The largest absolute Gasteiger partial charge is 0.357 e. The van der Waals surface area contributed by atoms with E-state index in [1.165, 1.54) is 16.4 Å². The van der Waals surface area contributed by atoms with Crippen LogP contribution >= 0.6 is 24.0 Å². The third-order valence-corrected chi connectivity index (χ3v) is 6.49. The summed E-state index contributed by atoms with van der Waals surface area (Å²) in [5.74, 6) is 0.250. The number of sulfonamides is 1. The van der Waals surface area contributed by atoms with Crippen LogP contribution in [0.5, 0.6) is 0 Å². The van der Waals surface area contributed by atoms with Gasteiger partial charge in [-0.3, -0.25) is 9.30 Å². The number of benzene rings is 2. The molecular formula is C21H28FIN4O2S. The molecule has 3 rings (SSSR count). The number of guanidine groups is 1. The molecule has 9 heteroatoms. The molecule has 2 aromatic rings. The first-order chi connectivity index (χ1) is 14.0. The zero-order valence-electron chi connectivity index (χ0n) is 17.0. The lowest BCUT2D eigenvalue weighted by atomic mass is 10.1. The molecule has 0 saturated heterocycles. The van der Waals surface area contributed by atoms with Gasteiger partial charge < -0.3 is 10.6 Å². The quantitative estimate of drug-likeness (QED) is 0.304. The minimum absolute atomic E-state index is 0. The van der Waals surface area contributed by atoms with Crippen molar-refractivity contribution in [3.05, 3.63) is 65.5 Å².